The van der Waals surface area contributed by atoms with Crippen molar-refractivity contribution in [1.82, 2.24) is 15.3 Å². The molecule has 2 N–H and O–H groups in total. The summed E-state index contributed by atoms with van der Waals surface area (Å²) in [6.07, 6.45) is 2.24. The fourth-order valence-corrected chi connectivity index (χ4v) is 3.72. The van der Waals surface area contributed by atoms with Gasteiger partial charge >= 0.3 is 0 Å². The molecule has 6 nitrogen and oxygen atoms in total. The maximum absolute atomic E-state index is 12.6. The molecule has 0 radical (unpaired) electrons. The minimum absolute atomic E-state index is 0.159. The molecule has 1 atom stereocenters. The van der Waals surface area contributed by atoms with E-state index in [-0.39, 0.29) is 11.6 Å². The molecule has 0 aliphatic rings. The lowest BCUT2D eigenvalue weighted by Crippen LogP contribution is -2.27. The number of hydrogen-bond donors (Lipinski definition) is 2. The Kier molecular flexibility index (Phi) is 7.11. The van der Waals surface area contributed by atoms with Crippen LogP contribution in [0.5, 0.6) is 11.5 Å². The minimum Gasteiger partial charge on any atom is -0.493 e. The topological polar surface area (TPSA) is 76.2 Å². The first kappa shape index (κ1) is 21.8. The van der Waals surface area contributed by atoms with Crippen molar-refractivity contribution >= 4 is 10.9 Å². The van der Waals surface area contributed by atoms with Gasteiger partial charge in [0.1, 0.15) is 5.82 Å². The SMILES string of the molecule is CCCc1ccc(C(NCc2nc3cc(OC)c(OC)cc3c(=O)[nH]2)C(C)C)cc1. The molecule has 3 aromatic rings. The maximum atomic E-state index is 12.6. The molecule has 0 bridgehead atoms. The average Bonchev–Trinajstić information content (AvgIpc) is 2.74. The zero-order valence-electron chi connectivity index (χ0n) is 18.4. The molecular formula is C24H31N3O3. The second kappa shape index (κ2) is 9.76. The first-order valence-corrected chi connectivity index (χ1v) is 10.4. The zero-order valence-corrected chi connectivity index (χ0v) is 18.4. The summed E-state index contributed by atoms with van der Waals surface area (Å²) in [7, 11) is 3.11. The molecule has 1 heterocycles. The van der Waals surface area contributed by atoms with E-state index in [4.69, 9.17) is 9.47 Å². The van der Waals surface area contributed by atoms with E-state index in [0.717, 1.165) is 12.8 Å². The summed E-state index contributed by atoms with van der Waals surface area (Å²) in [6, 6.07) is 12.3. The highest BCUT2D eigenvalue weighted by Crippen LogP contribution is 2.30. The van der Waals surface area contributed by atoms with Gasteiger partial charge in [-0.3, -0.25) is 4.79 Å². The highest BCUT2D eigenvalue weighted by atomic mass is 16.5. The van der Waals surface area contributed by atoms with Gasteiger partial charge in [0.15, 0.2) is 11.5 Å². The molecule has 0 fully saturated rings. The number of fused-ring (bicyclic) bond motifs is 1. The Labute approximate surface area is 177 Å². The lowest BCUT2D eigenvalue weighted by atomic mass is 9.94. The molecule has 0 saturated heterocycles. The van der Waals surface area contributed by atoms with Crippen molar-refractivity contribution in [3.8, 4) is 11.5 Å². The van der Waals surface area contributed by atoms with Crippen LogP contribution in [0.15, 0.2) is 41.2 Å². The molecule has 1 unspecified atom stereocenters. The van der Waals surface area contributed by atoms with Gasteiger partial charge in [-0.05, 0) is 29.5 Å². The van der Waals surface area contributed by atoms with Crippen LogP contribution in [0.1, 0.15) is 50.2 Å². The number of methoxy groups -OCH3 is 2. The molecule has 160 valence electrons. The molecular weight excluding hydrogens is 378 g/mol. The fourth-order valence-electron chi connectivity index (χ4n) is 3.72. The number of nitrogens with one attached hydrogen (secondary N) is 2. The van der Waals surface area contributed by atoms with Crippen molar-refractivity contribution in [2.45, 2.75) is 46.2 Å². The molecule has 0 saturated carbocycles. The number of aromatic amines is 1. The van der Waals surface area contributed by atoms with E-state index < -0.39 is 0 Å². The number of ether oxygens (including phenoxy) is 2. The number of aryl methyl sites for hydroxylation is 1. The summed E-state index contributed by atoms with van der Waals surface area (Å²) in [5.41, 5.74) is 2.98. The molecule has 6 heteroatoms. The van der Waals surface area contributed by atoms with E-state index in [1.807, 2.05) is 0 Å². The lowest BCUT2D eigenvalue weighted by molar-refractivity contribution is 0.355. The highest BCUT2D eigenvalue weighted by molar-refractivity contribution is 5.81. The van der Waals surface area contributed by atoms with Gasteiger partial charge in [-0.1, -0.05) is 51.5 Å². The Balaban J connectivity index is 1.84. The van der Waals surface area contributed by atoms with E-state index in [1.54, 1.807) is 26.4 Å². The monoisotopic (exact) mass is 409 g/mol. The van der Waals surface area contributed by atoms with E-state index in [9.17, 15) is 4.79 Å². The second-order valence-corrected chi connectivity index (χ2v) is 7.83. The molecule has 2 aromatic carbocycles. The summed E-state index contributed by atoms with van der Waals surface area (Å²) in [6.45, 7) is 7.02. The number of benzene rings is 2. The number of aromatic nitrogens is 2. The normalized spacial score (nSPS) is 12.3. The Morgan fingerprint density at radius 1 is 1.07 bits per heavy atom. The number of H-pyrrole nitrogens is 1. The smallest absolute Gasteiger partial charge is 0.258 e. The van der Waals surface area contributed by atoms with Crippen LogP contribution in [0, 0.1) is 5.92 Å². The molecule has 0 aliphatic heterocycles. The largest absolute Gasteiger partial charge is 0.493 e. The van der Waals surface area contributed by atoms with Crippen molar-refractivity contribution in [3.05, 3.63) is 63.7 Å². The predicted octanol–water partition coefficient (Wildman–Crippen LogP) is 4.38. The van der Waals surface area contributed by atoms with E-state index in [2.05, 4.69) is 60.3 Å². The quantitative estimate of drug-likeness (QED) is 0.548. The summed E-state index contributed by atoms with van der Waals surface area (Å²) in [5.74, 6) is 2.04. The van der Waals surface area contributed by atoms with Crippen molar-refractivity contribution in [2.75, 3.05) is 14.2 Å². The van der Waals surface area contributed by atoms with Gasteiger partial charge in [0.2, 0.25) is 0 Å². The first-order valence-electron chi connectivity index (χ1n) is 10.4. The maximum Gasteiger partial charge on any atom is 0.258 e. The standard InChI is InChI=1S/C24H31N3O3/c1-6-7-16-8-10-17(11-9-16)23(15(2)3)25-14-22-26-19-13-21(30-5)20(29-4)12-18(19)24(28)27-22/h8-13,15,23,25H,6-7,14H2,1-5H3,(H,26,27,28). The first-order chi connectivity index (χ1) is 14.5. The fraction of sp³-hybridized carbons (Fsp3) is 0.417. The van der Waals surface area contributed by atoms with Gasteiger partial charge in [-0.25, -0.2) is 4.98 Å². The van der Waals surface area contributed by atoms with Gasteiger partial charge in [0.25, 0.3) is 5.56 Å². The van der Waals surface area contributed by atoms with Crippen molar-refractivity contribution in [1.29, 1.82) is 0 Å². The van der Waals surface area contributed by atoms with Crippen LogP contribution in [-0.4, -0.2) is 24.2 Å². The Morgan fingerprint density at radius 2 is 1.73 bits per heavy atom. The molecule has 30 heavy (non-hydrogen) atoms. The van der Waals surface area contributed by atoms with Gasteiger partial charge in [-0.15, -0.1) is 0 Å². The molecule has 0 spiro atoms. The molecule has 1 aromatic heterocycles. The number of hydrogen-bond acceptors (Lipinski definition) is 5. The third kappa shape index (κ3) is 4.82. The Morgan fingerprint density at radius 3 is 2.33 bits per heavy atom. The Hall–Kier alpha value is -2.86. The van der Waals surface area contributed by atoms with E-state index in [1.165, 1.54) is 11.1 Å². The van der Waals surface area contributed by atoms with Gasteiger partial charge < -0.3 is 19.8 Å². The van der Waals surface area contributed by atoms with Gasteiger partial charge in [0, 0.05) is 12.1 Å². The van der Waals surface area contributed by atoms with E-state index in [0.29, 0.717) is 40.7 Å². The van der Waals surface area contributed by atoms with Crippen LogP contribution >= 0.6 is 0 Å². The van der Waals surface area contributed by atoms with Gasteiger partial charge in [0.05, 0.1) is 31.7 Å². The second-order valence-electron chi connectivity index (χ2n) is 7.83. The van der Waals surface area contributed by atoms with Crippen molar-refractivity contribution < 1.29 is 9.47 Å². The third-order valence-corrected chi connectivity index (χ3v) is 5.29. The number of nitrogens with zero attached hydrogens (tertiary/aromatic N) is 1. The average molecular weight is 410 g/mol. The predicted molar refractivity (Wildman–Crippen MR) is 120 cm³/mol. The minimum atomic E-state index is -0.192. The number of rotatable bonds is 9. The third-order valence-electron chi connectivity index (χ3n) is 5.29. The van der Waals surface area contributed by atoms with Crippen LogP contribution in [0.3, 0.4) is 0 Å². The molecule has 0 aliphatic carbocycles. The Bertz CT molecular complexity index is 1040. The van der Waals surface area contributed by atoms with Crippen LogP contribution in [0.4, 0.5) is 0 Å². The summed E-state index contributed by atoms with van der Waals surface area (Å²) >= 11 is 0. The van der Waals surface area contributed by atoms with Crippen molar-refractivity contribution in [3.63, 3.8) is 0 Å². The summed E-state index contributed by atoms with van der Waals surface area (Å²) in [4.78, 5) is 20.1. The highest BCUT2D eigenvalue weighted by Gasteiger charge is 2.17. The summed E-state index contributed by atoms with van der Waals surface area (Å²) in [5, 5.41) is 4.03. The van der Waals surface area contributed by atoms with Crippen LogP contribution in [0.25, 0.3) is 10.9 Å². The summed E-state index contributed by atoms with van der Waals surface area (Å²) < 4.78 is 10.6. The van der Waals surface area contributed by atoms with Crippen LogP contribution in [0.2, 0.25) is 0 Å². The van der Waals surface area contributed by atoms with Crippen molar-refractivity contribution in [2.24, 2.45) is 5.92 Å². The zero-order chi connectivity index (χ0) is 21.7. The van der Waals surface area contributed by atoms with E-state index >= 15 is 0 Å². The van der Waals surface area contributed by atoms with Gasteiger partial charge in [-0.2, -0.15) is 0 Å². The van der Waals surface area contributed by atoms with Crippen LogP contribution in [-0.2, 0) is 13.0 Å². The van der Waals surface area contributed by atoms with Crippen LogP contribution < -0.4 is 20.3 Å². The lowest BCUT2D eigenvalue weighted by Gasteiger charge is -2.23. The molecule has 0 amide bonds. The molecule has 3 rings (SSSR count).